The molecular formula is C16H25NO4. The highest BCUT2D eigenvalue weighted by molar-refractivity contribution is 5.45. The number of aliphatic hydroxyl groups is 2. The second-order valence-electron chi connectivity index (χ2n) is 6.43. The van der Waals surface area contributed by atoms with Crippen molar-refractivity contribution >= 4 is 5.69 Å². The number of rotatable bonds is 5. The molecule has 0 spiro atoms. The fourth-order valence-corrected chi connectivity index (χ4v) is 2.04. The molecule has 0 aliphatic carbocycles. The van der Waals surface area contributed by atoms with Crippen molar-refractivity contribution in [2.24, 2.45) is 0 Å². The first-order valence-corrected chi connectivity index (χ1v) is 7.23. The molecule has 1 heterocycles. The third kappa shape index (κ3) is 3.55. The molecule has 0 bridgehead atoms. The van der Waals surface area contributed by atoms with Gasteiger partial charge in [0, 0.05) is 17.8 Å². The van der Waals surface area contributed by atoms with Crippen LogP contribution in [-0.2, 0) is 9.47 Å². The molecule has 1 atom stereocenters. The minimum atomic E-state index is -0.757. The monoisotopic (exact) mass is 295 g/mol. The maximum absolute atomic E-state index is 9.31. The molecule has 3 N–H and O–H groups in total. The lowest BCUT2D eigenvalue weighted by molar-refractivity contribution is -0.0895. The highest BCUT2D eigenvalue weighted by Crippen LogP contribution is 2.44. The molecule has 1 unspecified atom stereocenters. The molecule has 5 nitrogen and oxygen atoms in total. The third-order valence-corrected chi connectivity index (χ3v) is 4.19. The maximum atomic E-state index is 9.31. The number of nitrogens with one attached hydrogen (secondary N) is 1. The first kappa shape index (κ1) is 16.2. The summed E-state index contributed by atoms with van der Waals surface area (Å²) in [5, 5.41) is 21.1. The summed E-state index contributed by atoms with van der Waals surface area (Å²) in [5.41, 5.74) is 1.14. The standard InChI is InChI=1S/C16H25NO4/c1-15(2)16(3,4)21-14(20-15)11-5-7-12(8-6-11)17-9-13(19)10-18/h5-8,13-14,17-19H,9-10H2,1-4H3. The summed E-state index contributed by atoms with van der Waals surface area (Å²) in [6, 6.07) is 7.69. The molecule has 21 heavy (non-hydrogen) atoms. The van der Waals surface area contributed by atoms with Crippen molar-refractivity contribution in [3.63, 3.8) is 0 Å². The van der Waals surface area contributed by atoms with Crippen LogP contribution in [0, 0.1) is 0 Å². The molecule has 1 aromatic rings. The van der Waals surface area contributed by atoms with E-state index in [1.165, 1.54) is 0 Å². The summed E-state index contributed by atoms with van der Waals surface area (Å²) in [4.78, 5) is 0. The zero-order chi connectivity index (χ0) is 15.7. The smallest absolute Gasteiger partial charge is 0.185 e. The highest BCUT2D eigenvalue weighted by atomic mass is 16.7. The van der Waals surface area contributed by atoms with Crippen molar-refractivity contribution in [2.45, 2.75) is 51.3 Å². The van der Waals surface area contributed by atoms with Gasteiger partial charge >= 0.3 is 0 Å². The lowest BCUT2D eigenvalue weighted by Crippen LogP contribution is -2.41. The molecule has 1 aliphatic heterocycles. The number of benzene rings is 1. The predicted molar refractivity (Wildman–Crippen MR) is 81.1 cm³/mol. The highest BCUT2D eigenvalue weighted by Gasteiger charge is 2.49. The van der Waals surface area contributed by atoms with Crippen LogP contribution in [0.15, 0.2) is 24.3 Å². The lowest BCUT2D eigenvalue weighted by Gasteiger charge is -2.30. The van der Waals surface area contributed by atoms with E-state index in [1.807, 2.05) is 52.0 Å². The van der Waals surface area contributed by atoms with Crippen LogP contribution >= 0.6 is 0 Å². The van der Waals surface area contributed by atoms with Gasteiger partial charge in [0.1, 0.15) is 0 Å². The second kappa shape index (κ2) is 5.93. The van der Waals surface area contributed by atoms with E-state index in [4.69, 9.17) is 14.6 Å². The Hall–Kier alpha value is -1.14. The van der Waals surface area contributed by atoms with Crippen LogP contribution in [0.1, 0.15) is 39.5 Å². The van der Waals surface area contributed by atoms with Gasteiger partial charge < -0.3 is 25.0 Å². The van der Waals surface area contributed by atoms with Crippen LogP contribution in [0.5, 0.6) is 0 Å². The van der Waals surface area contributed by atoms with Gasteiger partial charge in [0.25, 0.3) is 0 Å². The average Bonchev–Trinajstić information content (AvgIpc) is 2.65. The van der Waals surface area contributed by atoms with Gasteiger partial charge in [-0.3, -0.25) is 0 Å². The van der Waals surface area contributed by atoms with Crippen molar-refractivity contribution in [1.29, 1.82) is 0 Å². The van der Waals surface area contributed by atoms with Crippen molar-refractivity contribution in [3.05, 3.63) is 29.8 Å². The van der Waals surface area contributed by atoms with Crippen LogP contribution in [-0.4, -0.2) is 40.7 Å². The van der Waals surface area contributed by atoms with Crippen molar-refractivity contribution in [3.8, 4) is 0 Å². The summed E-state index contributed by atoms with van der Waals surface area (Å²) in [5.74, 6) is 0. The topological polar surface area (TPSA) is 71.0 Å². The molecule has 118 valence electrons. The Balaban J connectivity index is 2.00. The second-order valence-corrected chi connectivity index (χ2v) is 6.43. The number of hydrogen-bond donors (Lipinski definition) is 3. The quantitative estimate of drug-likeness (QED) is 0.775. The van der Waals surface area contributed by atoms with E-state index in [-0.39, 0.29) is 24.1 Å². The molecule has 1 aromatic carbocycles. The fraction of sp³-hybridized carbons (Fsp3) is 0.625. The number of hydrogen-bond acceptors (Lipinski definition) is 5. The Labute approximate surface area is 125 Å². The van der Waals surface area contributed by atoms with E-state index in [0.717, 1.165) is 11.3 Å². The van der Waals surface area contributed by atoms with Crippen LogP contribution in [0.25, 0.3) is 0 Å². The van der Waals surface area contributed by atoms with Gasteiger partial charge in [-0.05, 0) is 39.8 Å². The fourth-order valence-electron chi connectivity index (χ4n) is 2.04. The van der Waals surface area contributed by atoms with Crippen LogP contribution in [0.4, 0.5) is 5.69 Å². The van der Waals surface area contributed by atoms with Crippen molar-refractivity contribution in [1.82, 2.24) is 0 Å². The molecule has 0 amide bonds. The van der Waals surface area contributed by atoms with E-state index in [0.29, 0.717) is 6.54 Å². The molecule has 0 saturated carbocycles. The molecule has 1 aliphatic rings. The van der Waals surface area contributed by atoms with Gasteiger partial charge in [0.2, 0.25) is 0 Å². The van der Waals surface area contributed by atoms with Crippen molar-refractivity contribution in [2.75, 3.05) is 18.5 Å². The minimum Gasteiger partial charge on any atom is -0.394 e. The zero-order valence-electron chi connectivity index (χ0n) is 13.1. The van der Waals surface area contributed by atoms with Gasteiger partial charge in [-0.2, -0.15) is 0 Å². The summed E-state index contributed by atoms with van der Waals surface area (Å²) < 4.78 is 12.0. The van der Waals surface area contributed by atoms with Crippen LogP contribution < -0.4 is 5.32 Å². The Morgan fingerprint density at radius 1 is 1.10 bits per heavy atom. The minimum absolute atomic E-state index is 0.251. The number of aliphatic hydroxyl groups excluding tert-OH is 2. The van der Waals surface area contributed by atoms with Crippen molar-refractivity contribution < 1.29 is 19.7 Å². The van der Waals surface area contributed by atoms with Gasteiger partial charge in [0.05, 0.1) is 23.9 Å². The maximum Gasteiger partial charge on any atom is 0.185 e. The first-order valence-electron chi connectivity index (χ1n) is 7.23. The van der Waals surface area contributed by atoms with E-state index in [1.54, 1.807) is 0 Å². The molecule has 1 fully saturated rings. The largest absolute Gasteiger partial charge is 0.394 e. The Kier molecular flexibility index (Phi) is 4.58. The van der Waals surface area contributed by atoms with E-state index in [2.05, 4.69) is 5.32 Å². The van der Waals surface area contributed by atoms with Gasteiger partial charge in [-0.1, -0.05) is 12.1 Å². The third-order valence-electron chi connectivity index (χ3n) is 4.19. The lowest BCUT2D eigenvalue weighted by atomic mass is 9.90. The Morgan fingerprint density at radius 2 is 1.62 bits per heavy atom. The molecule has 2 rings (SSSR count). The zero-order valence-corrected chi connectivity index (χ0v) is 13.1. The van der Waals surface area contributed by atoms with Crippen LogP contribution in [0.3, 0.4) is 0 Å². The molecule has 0 aromatic heterocycles. The average molecular weight is 295 g/mol. The Bertz CT molecular complexity index is 454. The van der Waals surface area contributed by atoms with Crippen LogP contribution in [0.2, 0.25) is 0 Å². The predicted octanol–water partition coefficient (Wildman–Crippen LogP) is 2.05. The normalized spacial score (nSPS) is 22.2. The molecular weight excluding hydrogens is 270 g/mol. The Morgan fingerprint density at radius 3 is 2.10 bits per heavy atom. The van der Waals surface area contributed by atoms with Gasteiger partial charge in [-0.25, -0.2) is 0 Å². The summed E-state index contributed by atoms with van der Waals surface area (Å²) in [7, 11) is 0. The van der Waals surface area contributed by atoms with Gasteiger partial charge in [-0.15, -0.1) is 0 Å². The summed E-state index contributed by atoms with van der Waals surface area (Å²) in [6.45, 7) is 8.17. The SMILES string of the molecule is CC1(C)OC(c2ccc(NCC(O)CO)cc2)OC1(C)C. The van der Waals surface area contributed by atoms with E-state index < -0.39 is 6.10 Å². The summed E-state index contributed by atoms with van der Waals surface area (Å²) in [6.07, 6.45) is -1.13. The number of anilines is 1. The van der Waals surface area contributed by atoms with E-state index in [9.17, 15) is 5.11 Å². The van der Waals surface area contributed by atoms with Gasteiger partial charge in [0.15, 0.2) is 6.29 Å². The molecule has 0 radical (unpaired) electrons. The number of ether oxygens (including phenoxy) is 2. The first-order chi connectivity index (χ1) is 9.75. The molecule has 5 heteroatoms. The van der Waals surface area contributed by atoms with E-state index >= 15 is 0 Å². The molecule has 1 saturated heterocycles. The summed E-state index contributed by atoms with van der Waals surface area (Å²) >= 11 is 0.